The van der Waals surface area contributed by atoms with Gasteiger partial charge in [-0.1, -0.05) is 13.8 Å². The molecule has 106 valence electrons. The molecule has 0 saturated heterocycles. The van der Waals surface area contributed by atoms with Crippen molar-refractivity contribution in [3.05, 3.63) is 18.3 Å². The Morgan fingerprint density at radius 3 is 2.84 bits per heavy atom. The molecular weight excluding hydrogens is 262 g/mol. The Morgan fingerprint density at radius 2 is 2.21 bits per heavy atom. The summed E-state index contributed by atoms with van der Waals surface area (Å²) in [5.74, 6) is 1.74. The average molecular weight is 283 g/mol. The van der Waals surface area contributed by atoms with Crippen LogP contribution < -0.4 is 10.0 Å². The minimum absolute atomic E-state index is 0.273. The van der Waals surface area contributed by atoms with Gasteiger partial charge in [0.2, 0.25) is 10.0 Å². The summed E-state index contributed by atoms with van der Waals surface area (Å²) in [6.45, 7) is 5.50. The van der Waals surface area contributed by atoms with Gasteiger partial charge in [0.25, 0.3) is 0 Å². The first-order valence-corrected chi connectivity index (χ1v) is 8.21. The van der Waals surface area contributed by atoms with Crippen LogP contribution in [0.1, 0.15) is 26.7 Å². The number of hydrogen-bond donors (Lipinski definition) is 2. The van der Waals surface area contributed by atoms with E-state index in [1.807, 2.05) is 6.92 Å². The topological polar surface area (TPSA) is 71.1 Å². The number of aromatic nitrogens is 1. The Morgan fingerprint density at radius 1 is 1.47 bits per heavy atom. The van der Waals surface area contributed by atoms with Crippen LogP contribution in [0.5, 0.6) is 0 Å². The summed E-state index contributed by atoms with van der Waals surface area (Å²) in [5.41, 5.74) is 0. The van der Waals surface area contributed by atoms with Crippen LogP contribution in [0.2, 0.25) is 0 Å². The van der Waals surface area contributed by atoms with Gasteiger partial charge in [0.15, 0.2) is 0 Å². The largest absolute Gasteiger partial charge is 0.370 e. The Hall–Kier alpha value is -1.14. The molecule has 1 heterocycles. The molecule has 6 heteroatoms. The number of anilines is 1. The summed E-state index contributed by atoms with van der Waals surface area (Å²) in [6.07, 6.45) is 3.60. The van der Waals surface area contributed by atoms with Crippen molar-refractivity contribution in [2.45, 2.75) is 31.6 Å². The number of pyridine rings is 1. The third-order valence-electron chi connectivity index (χ3n) is 3.41. The van der Waals surface area contributed by atoms with Crippen LogP contribution in [0.4, 0.5) is 5.82 Å². The number of nitrogens with zero attached hydrogens (tertiary/aromatic N) is 1. The first kappa shape index (κ1) is 14.3. The summed E-state index contributed by atoms with van der Waals surface area (Å²) in [5, 5.41) is 3.09. The fraction of sp³-hybridized carbons (Fsp3) is 0.615. The molecule has 2 rings (SSSR count). The second-order valence-corrected chi connectivity index (χ2v) is 6.90. The Balaban J connectivity index is 2.02. The molecule has 0 spiro atoms. The highest BCUT2D eigenvalue weighted by Gasteiger charge is 2.33. The summed E-state index contributed by atoms with van der Waals surface area (Å²) in [6, 6.07) is 3.10. The van der Waals surface area contributed by atoms with Crippen LogP contribution in [0.3, 0.4) is 0 Å². The second-order valence-electron chi connectivity index (χ2n) is 5.13. The minimum atomic E-state index is -3.42. The van der Waals surface area contributed by atoms with E-state index in [0.29, 0.717) is 24.2 Å². The van der Waals surface area contributed by atoms with Gasteiger partial charge < -0.3 is 5.32 Å². The SMILES string of the molecule is CCCNc1cc(S(=O)(=O)NCC2CC2C)ccn1. The lowest BCUT2D eigenvalue weighted by molar-refractivity contribution is 0.574. The Kier molecular flexibility index (Phi) is 4.42. The van der Waals surface area contributed by atoms with Crippen molar-refractivity contribution in [2.75, 3.05) is 18.4 Å². The van der Waals surface area contributed by atoms with Crippen molar-refractivity contribution in [2.24, 2.45) is 11.8 Å². The lowest BCUT2D eigenvalue weighted by Gasteiger charge is -2.08. The highest BCUT2D eigenvalue weighted by atomic mass is 32.2. The molecule has 2 atom stereocenters. The molecule has 0 aromatic carbocycles. The fourth-order valence-electron chi connectivity index (χ4n) is 1.91. The molecule has 1 aromatic heterocycles. The van der Waals surface area contributed by atoms with E-state index in [1.165, 1.54) is 12.3 Å². The third-order valence-corrected chi connectivity index (χ3v) is 4.83. The molecule has 0 amide bonds. The third kappa shape index (κ3) is 3.91. The summed E-state index contributed by atoms with van der Waals surface area (Å²) >= 11 is 0. The van der Waals surface area contributed by atoms with E-state index in [9.17, 15) is 8.42 Å². The van der Waals surface area contributed by atoms with Crippen LogP contribution in [-0.2, 0) is 10.0 Å². The molecule has 19 heavy (non-hydrogen) atoms. The van der Waals surface area contributed by atoms with Crippen LogP contribution in [0, 0.1) is 11.8 Å². The molecule has 2 unspecified atom stereocenters. The van der Waals surface area contributed by atoms with Crippen molar-refractivity contribution in [1.82, 2.24) is 9.71 Å². The molecule has 5 nitrogen and oxygen atoms in total. The fourth-order valence-corrected chi connectivity index (χ4v) is 3.02. The van der Waals surface area contributed by atoms with E-state index >= 15 is 0 Å². The standard InChI is InChI=1S/C13H21N3O2S/c1-3-5-14-13-8-12(4-6-15-13)19(17,18)16-9-11-7-10(11)2/h4,6,8,10-11,16H,3,5,7,9H2,1-2H3,(H,14,15). The summed E-state index contributed by atoms with van der Waals surface area (Å²) in [7, 11) is -3.42. The van der Waals surface area contributed by atoms with E-state index in [2.05, 4.69) is 21.9 Å². The van der Waals surface area contributed by atoms with Gasteiger partial charge >= 0.3 is 0 Å². The zero-order chi connectivity index (χ0) is 13.9. The molecule has 0 bridgehead atoms. The van der Waals surface area contributed by atoms with E-state index in [-0.39, 0.29) is 4.90 Å². The molecule has 1 aromatic rings. The Bertz CT molecular complexity index is 530. The van der Waals surface area contributed by atoms with Gasteiger partial charge in [-0.15, -0.1) is 0 Å². The smallest absolute Gasteiger partial charge is 0.240 e. The van der Waals surface area contributed by atoms with Crippen LogP contribution in [0.25, 0.3) is 0 Å². The van der Waals surface area contributed by atoms with Gasteiger partial charge in [0.05, 0.1) is 4.90 Å². The molecule has 0 aliphatic heterocycles. The summed E-state index contributed by atoms with van der Waals surface area (Å²) < 4.78 is 26.9. The lowest BCUT2D eigenvalue weighted by atomic mass is 10.3. The van der Waals surface area contributed by atoms with Crippen molar-refractivity contribution < 1.29 is 8.42 Å². The van der Waals surface area contributed by atoms with Crippen molar-refractivity contribution in [1.29, 1.82) is 0 Å². The lowest BCUT2D eigenvalue weighted by Crippen LogP contribution is -2.26. The highest BCUT2D eigenvalue weighted by Crippen LogP contribution is 2.37. The van der Waals surface area contributed by atoms with E-state index in [4.69, 9.17) is 0 Å². The summed E-state index contributed by atoms with van der Waals surface area (Å²) in [4.78, 5) is 4.38. The molecule has 2 N–H and O–H groups in total. The molecule has 0 radical (unpaired) electrons. The van der Waals surface area contributed by atoms with Crippen LogP contribution >= 0.6 is 0 Å². The van der Waals surface area contributed by atoms with Crippen molar-refractivity contribution in [3.8, 4) is 0 Å². The maximum absolute atomic E-state index is 12.1. The van der Waals surface area contributed by atoms with E-state index in [1.54, 1.807) is 6.07 Å². The number of sulfonamides is 1. The predicted octanol–water partition coefficient (Wildman–Crippen LogP) is 1.84. The van der Waals surface area contributed by atoms with Gasteiger partial charge in [0.1, 0.15) is 5.82 Å². The average Bonchev–Trinajstić information content (AvgIpc) is 3.11. The maximum Gasteiger partial charge on any atom is 0.240 e. The van der Waals surface area contributed by atoms with Crippen molar-refractivity contribution in [3.63, 3.8) is 0 Å². The molecule has 1 fully saturated rings. The quantitative estimate of drug-likeness (QED) is 0.801. The van der Waals surface area contributed by atoms with E-state index in [0.717, 1.165) is 19.4 Å². The monoisotopic (exact) mass is 283 g/mol. The molecule has 1 saturated carbocycles. The van der Waals surface area contributed by atoms with Gasteiger partial charge in [-0.3, -0.25) is 0 Å². The van der Waals surface area contributed by atoms with Crippen molar-refractivity contribution >= 4 is 15.8 Å². The number of nitrogens with one attached hydrogen (secondary N) is 2. The number of hydrogen-bond acceptors (Lipinski definition) is 4. The Labute approximate surface area is 114 Å². The molecular formula is C13H21N3O2S. The normalized spacial score (nSPS) is 22.2. The highest BCUT2D eigenvalue weighted by molar-refractivity contribution is 7.89. The van der Waals surface area contributed by atoms with Crippen LogP contribution in [0.15, 0.2) is 23.2 Å². The van der Waals surface area contributed by atoms with Gasteiger partial charge in [0, 0.05) is 25.4 Å². The predicted molar refractivity (Wildman–Crippen MR) is 75.5 cm³/mol. The maximum atomic E-state index is 12.1. The number of rotatable bonds is 7. The van der Waals surface area contributed by atoms with Crippen LogP contribution in [-0.4, -0.2) is 26.5 Å². The molecule has 1 aliphatic rings. The van der Waals surface area contributed by atoms with Gasteiger partial charge in [-0.05, 0) is 30.7 Å². The molecule has 1 aliphatic carbocycles. The zero-order valence-corrected chi connectivity index (χ0v) is 12.2. The first-order valence-electron chi connectivity index (χ1n) is 6.72. The minimum Gasteiger partial charge on any atom is -0.370 e. The van der Waals surface area contributed by atoms with E-state index < -0.39 is 10.0 Å². The van der Waals surface area contributed by atoms with Gasteiger partial charge in [-0.25, -0.2) is 18.1 Å². The van der Waals surface area contributed by atoms with Gasteiger partial charge in [-0.2, -0.15) is 0 Å². The first-order chi connectivity index (χ1) is 9.03. The zero-order valence-electron chi connectivity index (χ0n) is 11.4. The second kappa shape index (κ2) is 5.88.